The first kappa shape index (κ1) is 19.0. The van der Waals surface area contributed by atoms with Crippen LogP contribution in [0.25, 0.3) is 11.3 Å². The maximum absolute atomic E-state index is 12.6. The average Bonchev–Trinajstić information content (AvgIpc) is 3.38. The zero-order chi connectivity index (χ0) is 20.4. The van der Waals surface area contributed by atoms with E-state index in [0.717, 1.165) is 5.69 Å². The average molecular weight is 413 g/mol. The minimum absolute atomic E-state index is 0.0347. The molecule has 0 bridgehead atoms. The van der Waals surface area contributed by atoms with Crippen LogP contribution in [0.5, 0.6) is 0 Å². The minimum atomic E-state index is -0.797. The van der Waals surface area contributed by atoms with Crippen LogP contribution >= 0.6 is 11.6 Å². The summed E-state index contributed by atoms with van der Waals surface area (Å²) in [4.78, 5) is 23.8. The van der Waals surface area contributed by atoms with E-state index < -0.39 is 6.10 Å². The Labute approximate surface area is 170 Å². The maximum atomic E-state index is 12.6. The molecule has 0 aliphatic heterocycles. The number of aromatic nitrogens is 6. The monoisotopic (exact) mass is 412 g/mol. The molecular formula is C19H17ClN6O3. The SMILES string of the molecule is Cc1c(-c2cnc[nH]2)cnn(Cc2nc(C[C@H](O)c3ccc(Cl)cc3)no2)c1=O. The normalized spacial score (nSPS) is 12.2. The standard InChI is InChI=1S/C19H17ClN6O3/c1-11-14(15-8-21-10-22-15)7-23-26(19(11)28)9-18-24-17(25-29-18)6-16(27)12-2-4-13(20)5-3-12/h2-5,7-8,10,16,27H,6,9H2,1H3,(H,21,22)/t16-/m0/s1. The Bertz CT molecular complexity index is 1170. The lowest BCUT2D eigenvalue weighted by Crippen LogP contribution is -2.26. The number of nitrogens with zero attached hydrogens (tertiary/aromatic N) is 5. The van der Waals surface area contributed by atoms with Gasteiger partial charge in [0, 0.05) is 22.6 Å². The predicted octanol–water partition coefficient (Wildman–Crippen LogP) is 2.30. The van der Waals surface area contributed by atoms with Crippen LogP contribution in [-0.2, 0) is 13.0 Å². The molecule has 0 aliphatic carbocycles. The molecular weight excluding hydrogens is 396 g/mol. The molecule has 29 heavy (non-hydrogen) atoms. The lowest BCUT2D eigenvalue weighted by Gasteiger charge is -2.08. The molecule has 4 aromatic rings. The number of aliphatic hydroxyl groups is 1. The van der Waals surface area contributed by atoms with Gasteiger partial charge in [-0.25, -0.2) is 9.67 Å². The van der Waals surface area contributed by atoms with Crippen molar-refractivity contribution >= 4 is 11.6 Å². The molecule has 3 heterocycles. The number of nitrogens with one attached hydrogen (secondary N) is 1. The van der Waals surface area contributed by atoms with E-state index in [9.17, 15) is 9.90 Å². The van der Waals surface area contributed by atoms with Crippen LogP contribution in [0.1, 0.15) is 28.9 Å². The fourth-order valence-corrected chi connectivity index (χ4v) is 3.04. The van der Waals surface area contributed by atoms with Crippen LogP contribution in [0.3, 0.4) is 0 Å². The van der Waals surface area contributed by atoms with E-state index in [-0.39, 0.29) is 24.4 Å². The van der Waals surface area contributed by atoms with Crippen molar-refractivity contribution in [2.45, 2.75) is 26.0 Å². The van der Waals surface area contributed by atoms with Gasteiger partial charge in [0.1, 0.15) is 6.54 Å². The van der Waals surface area contributed by atoms with Crippen molar-refractivity contribution < 1.29 is 9.63 Å². The van der Waals surface area contributed by atoms with Gasteiger partial charge in [-0.2, -0.15) is 10.1 Å². The number of aromatic amines is 1. The fourth-order valence-electron chi connectivity index (χ4n) is 2.91. The zero-order valence-corrected chi connectivity index (χ0v) is 16.2. The minimum Gasteiger partial charge on any atom is -0.388 e. The Balaban J connectivity index is 1.48. The summed E-state index contributed by atoms with van der Waals surface area (Å²) in [6.45, 7) is 1.76. The first-order valence-electron chi connectivity index (χ1n) is 8.81. The number of hydrogen-bond acceptors (Lipinski definition) is 7. The topological polar surface area (TPSA) is 123 Å². The second-order valence-corrected chi connectivity index (χ2v) is 6.92. The van der Waals surface area contributed by atoms with Crippen molar-refractivity contribution in [1.82, 2.24) is 29.9 Å². The fraction of sp³-hybridized carbons (Fsp3) is 0.211. The van der Waals surface area contributed by atoms with Gasteiger partial charge in [0.25, 0.3) is 5.56 Å². The highest BCUT2D eigenvalue weighted by molar-refractivity contribution is 6.30. The van der Waals surface area contributed by atoms with Gasteiger partial charge < -0.3 is 14.6 Å². The molecule has 9 nitrogen and oxygen atoms in total. The van der Waals surface area contributed by atoms with E-state index >= 15 is 0 Å². The molecule has 1 atom stereocenters. The number of H-pyrrole nitrogens is 1. The van der Waals surface area contributed by atoms with E-state index in [0.29, 0.717) is 27.5 Å². The summed E-state index contributed by atoms with van der Waals surface area (Å²) in [6, 6.07) is 6.88. The Hall–Kier alpha value is -3.30. The molecule has 0 amide bonds. The Morgan fingerprint density at radius 1 is 1.28 bits per heavy atom. The van der Waals surface area contributed by atoms with E-state index in [2.05, 4.69) is 25.2 Å². The molecule has 0 unspecified atom stereocenters. The second-order valence-electron chi connectivity index (χ2n) is 6.49. The lowest BCUT2D eigenvalue weighted by molar-refractivity contribution is 0.174. The smallest absolute Gasteiger partial charge is 0.270 e. The summed E-state index contributed by atoms with van der Waals surface area (Å²) in [6.07, 6.45) is 4.13. The second kappa shape index (κ2) is 7.98. The zero-order valence-electron chi connectivity index (χ0n) is 15.4. The maximum Gasteiger partial charge on any atom is 0.270 e. The van der Waals surface area contributed by atoms with Gasteiger partial charge >= 0.3 is 0 Å². The van der Waals surface area contributed by atoms with Crippen molar-refractivity contribution in [3.63, 3.8) is 0 Å². The summed E-state index contributed by atoms with van der Waals surface area (Å²) in [5, 5.41) is 19.0. The molecule has 148 valence electrons. The number of rotatable bonds is 6. The molecule has 0 fully saturated rings. The van der Waals surface area contributed by atoms with Crippen LogP contribution in [0.15, 0.2) is 52.3 Å². The molecule has 0 aliphatic rings. The van der Waals surface area contributed by atoms with Crippen molar-refractivity contribution in [1.29, 1.82) is 0 Å². The van der Waals surface area contributed by atoms with Gasteiger partial charge in [0.2, 0.25) is 5.89 Å². The molecule has 3 aromatic heterocycles. The van der Waals surface area contributed by atoms with Gasteiger partial charge in [-0.1, -0.05) is 28.9 Å². The van der Waals surface area contributed by atoms with E-state index in [1.165, 1.54) is 4.68 Å². The number of hydrogen-bond donors (Lipinski definition) is 2. The predicted molar refractivity (Wildman–Crippen MR) is 104 cm³/mol. The molecule has 0 saturated carbocycles. The van der Waals surface area contributed by atoms with Gasteiger partial charge in [-0.05, 0) is 24.6 Å². The van der Waals surface area contributed by atoms with Gasteiger partial charge in [-0.15, -0.1) is 0 Å². The summed E-state index contributed by atoms with van der Waals surface area (Å²) >= 11 is 5.86. The quantitative estimate of drug-likeness (QED) is 0.498. The van der Waals surface area contributed by atoms with Crippen LogP contribution in [0, 0.1) is 6.92 Å². The number of benzene rings is 1. The summed E-state index contributed by atoms with van der Waals surface area (Å²) in [7, 11) is 0. The van der Waals surface area contributed by atoms with E-state index in [1.54, 1.807) is 49.9 Å². The van der Waals surface area contributed by atoms with Crippen molar-refractivity contribution in [2.24, 2.45) is 0 Å². The van der Waals surface area contributed by atoms with Crippen molar-refractivity contribution in [3.05, 3.63) is 81.2 Å². The molecule has 4 rings (SSSR count). The van der Waals surface area contributed by atoms with Crippen LogP contribution in [0.4, 0.5) is 0 Å². The molecule has 2 N–H and O–H groups in total. The first-order valence-corrected chi connectivity index (χ1v) is 9.19. The molecule has 0 spiro atoms. The Kier molecular flexibility index (Phi) is 5.24. The van der Waals surface area contributed by atoms with Crippen LogP contribution in [0.2, 0.25) is 5.02 Å². The number of imidazole rings is 1. The third-order valence-corrected chi connectivity index (χ3v) is 4.75. The van der Waals surface area contributed by atoms with Crippen LogP contribution in [-0.4, -0.2) is 35.0 Å². The number of halogens is 1. The molecule has 1 aromatic carbocycles. The van der Waals surface area contributed by atoms with Crippen molar-refractivity contribution in [2.75, 3.05) is 0 Å². The Morgan fingerprint density at radius 3 is 2.79 bits per heavy atom. The highest BCUT2D eigenvalue weighted by Crippen LogP contribution is 2.20. The highest BCUT2D eigenvalue weighted by Gasteiger charge is 2.16. The Morgan fingerprint density at radius 2 is 2.07 bits per heavy atom. The summed E-state index contributed by atoms with van der Waals surface area (Å²) < 4.78 is 6.46. The van der Waals surface area contributed by atoms with Gasteiger partial charge in [0.05, 0.1) is 30.5 Å². The number of aliphatic hydroxyl groups excluding tert-OH is 1. The largest absolute Gasteiger partial charge is 0.388 e. The molecule has 0 saturated heterocycles. The van der Waals surface area contributed by atoms with E-state index in [1.807, 2.05) is 0 Å². The van der Waals surface area contributed by atoms with Crippen molar-refractivity contribution in [3.8, 4) is 11.3 Å². The van der Waals surface area contributed by atoms with Gasteiger partial charge in [-0.3, -0.25) is 4.79 Å². The van der Waals surface area contributed by atoms with Crippen LogP contribution < -0.4 is 5.56 Å². The highest BCUT2D eigenvalue weighted by atomic mass is 35.5. The molecule has 0 radical (unpaired) electrons. The molecule has 10 heteroatoms. The van der Waals surface area contributed by atoms with E-state index in [4.69, 9.17) is 16.1 Å². The first-order chi connectivity index (χ1) is 14.0. The lowest BCUT2D eigenvalue weighted by atomic mass is 10.1. The summed E-state index contributed by atoms with van der Waals surface area (Å²) in [5.74, 6) is 0.563. The third-order valence-electron chi connectivity index (χ3n) is 4.50. The third kappa shape index (κ3) is 4.10. The summed E-state index contributed by atoms with van der Waals surface area (Å²) in [5.41, 5.74) is 2.36. The van der Waals surface area contributed by atoms with Gasteiger partial charge in [0.15, 0.2) is 5.82 Å².